The number of carbonyl (C=O) groups excluding carboxylic acids is 2. The van der Waals surface area contributed by atoms with Gasteiger partial charge in [0.15, 0.2) is 0 Å². The zero-order chi connectivity index (χ0) is 11.7. The van der Waals surface area contributed by atoms with E-state index in [-0.39, 0.29) is 18.4 Å². The van der Waals surface area contributed by atoms with Crippen molar-refractivity contribution in [2.24, 2.45) is 0 Å². The van der Waals surface area contributed by atoms with Gasteiger partial charge in [0.25, 0.3) is 0 Å². The van der Waals surface area contributed by atoms with E-state index in [1.165, 1.54) is 0 Å². The van der Waals surface area contributed by atoms with Crippen LogP contribution in [-0.2, 0) is 9.59 Å². The number of alkyl halides is 1. The summed E-state index contributed by atoms with van der Waals surface area (Å²) >= 11 is 5.45. The van der Waals surface area contributed by atoms with E-state index < -0.39 is 0 Å². The molecule has 0 radical (unpaired) electrons. The Kier molecular flexibility index (Phi) is 8.09. The molecule has 2 amide bonds. The number of hydrogen-bond donors (Lipinski definition) is 1. The van der Waals surface area contributed by atoms with Gasteiger partial charge in [0, 0.05) is 25.4 Å². The zero-order valence-electron chi connectivity index (χ0n) is 9.38. The standard InChI is InChI=1S/C10H19ClN2O2/c1-3-13(4-2)10(15)8-12-9(14)6-5-7-11/h3-8H2,1-2H3,(H,12,14). The molecule has 0 aliphatic carbocycles. The molecule has 0 fully saturated rings. The third-order valence-corrected chi connectivity index (χ3v) is 2.36. The molecule has 5 heteroatoms. The Morgan fingerprint density at radius 2 is 1.87 bits per heavy atom. The number of nitrogens with zero attached hydrogens (tertiary/aromatic N) is 1. The summed E-state index contributed by atoms with van der Waals surface area (Å²) in [5, 5.41) is 2.58. The minimum absolute atomic E-state index is 0.0424. The average Bonchev–Trinajstić information content (AvgIpc) is 2.25. The van der Waals surface area contributed by atoms with E-state index >= 15 is 0 Å². The highest BCUT2D eigenvalue weighted by molar-refractivity contribution is 6.17. The highest BCUT2D eigenvalue weighted by Crippen LogP contribution is 1.92. The van der Waals surface area contributed by atoms with E-state index in [1.807, 2.05) is 13.8 Å². The van der Waals surface area contributed by atoms with Gasteiger partial charge in [-0.3, -0.25) is 9.59 Å². The van der Waals surface area contributed by atoms with Crippen molar-refractivity contribution in [2.45, 2.75) is 26.7 Å². The molecule has 0 atom stereocenters. The number of hydrogen-bond acceptors (Lipinski definition) is 2. The van der Waals surface area contributed by atoms with Gasteiger partial charge in [0.2, 0.25) is 11.8 Å². The molecule has 0 spiro atoms. The third kappa shape index (κ3) is 6.33. The molecule has 0 heterocycles. The van der Waals surface area contributed by atoms with Crippen LogP contribution in [0.4, 0.5) is 0 Å². The molecule has 0 aliphatic heterocycles. The maximum absolute atomic E-state index is 11.5. The van der Waals surface area contributed by atoms with Crippen LogP contribution < -0.4 is 5.32 Å². The first-order valence-corrected chi connectivity index (χ1v) is 5.79. The fraction of sp³-hybridized carbons (Fsp3) is 0.800. The summed E-state index contributed by atoms with van der Waals surface area (Å²) in [6.07, 6.45) is 1.03. The predicted octanol–water partition coefficient (Wildman–Crippen LogP) is 0.990. The lowest BCUT2D eigenvalue weighted by Gasteiger charge is -2.18. The van der Waals surface area contributed by atoms with Crippen LogP contribution in [0.2, 0.25) is 0 Å². The van der Waals surface area contributed by atoms with E-state index in [4.69, 9.17) is 11.6 Å². The highest BCUT2D eigenvalue weighted by atomic mass is 35.5. The number of likely N-dealkylation sites (N-methyl/N-ethyl adjacent to an activating group) is 1. The average molecular weight is 235 g/mol. The van der Waals surface area contributed by atoms with Gasteiger partial charge >= 0.3 is 0 Å². The number of halogens is 1. The molecule has 1 N–H and O–H groups in total. The summed E-state index contributed by atoms with van der Waals surface area (Å²) in [5.74, 6) is 0.313. The molecule has 0 aromatic carbocycles. The lowest BCUT2D eigenvalue weighted by molar-refractivity contribution is -0.132. The monoisotopic (exact) mass is 234 g/mol. The SMILES string of the molecule is CCN(CC)C(=O)CNC(=O)CCCCl. The van der Waals surface area contributed by atoms with Crippen molar-refractivity contribution in [2.75, 3.05) is 25.5 Å². The Balaban J connectivity index is 3.74. The Morgan fingerprint density at radius 3 is 2.33 bits per heavy atom. The molecule has 0 bridgehead atoms. The first kappa shape index (κ1) is 14.2. The molecule has 0 saturated heterocycles. The maximum Gasteiger partial charge on any atom is 0.241 e. The molecule has 4 nitrogen and oxygen atoms in total. The first-order chi connectivity index (χ1) is 7.15. The van der Waals surface area contributed by atoms with Gasteiger partial charge in [-0.25, -0.2) is 0 Å². The smallest absolute Gasteiger partial charge is 0.241 e. The first-order valence-electron chi connectivity index (χ1n) is 5.26. The van der Waals surface area contributed by atoms with Crippen LogP contribution in [0.15, 0.2) is 0 Å². The van der Waals surface area contributed by atoms with Crippen LogP contribution in [0.1, 0.15) is 26.7 Å². The van der Waals surface area contributed by atoms with Gasteiger partial charge in [0.05, 0.1) is 6.54 Å². The van der Waals surface area contributed by atoms with E-state index in [9.17, 15) is 9.59 Å². The van der Waals surface area contributed by atoms with Crippen LogP contribution in [0.5, 0.6) is 0 Å². The fourth-order valence-corrected chi connectivity index (χ4v) is 1.31. The number of rotatable bonds is 7. The van der Waals surface area contributed by atoms with Gasteiger partial charge in [-0.05, 0) is 20.3 Å². The Bertz CT molecular complexity index is 206. The van der Waals surface area contributed by atoms with Crippen molar-refractivity contribution in [1.29, 1.82) is 0 Å². The molecule has 88 valence electrons. The molecule has 0 rings (SSSR count). The molecular weight excluding hydrogens is 216 g/mol. The van der Waals surface area contributed by atoms with E-state index in [0.29, 0.717) is 31.8 Å². The lowest BCUT2D eigenvalue weighted by atomic mass is 10.3. The molecule has 0 aromatic heterocycles. The molecule has 0 saturated carbocycles. The Morgan fingerprint density at radius 1 is 1.27 bits per heavy atom. The third-order valence-electron chi connectivity index (χ3n) is 2.09. The van der Waals surface area contributed by atoms with Crippen LogP contribution >= 0.6 is 11.6 Å². The zero-order valence-corrected chi connectivity index (χ0v) is 10.1. The van der Waals surface area contributed by atoms with E-state index in [0.717, 1.165) is 0 Å². The lowest BCUT2D eigenvalue weighted by Crippen LogP contribution is -2.39. The molecular formula is C10H19ClN2O2. The van der Waals surface area contributed by atoms with Crippen LogP contribution in [0.25, 0.3) is 0 Å². The highest BCUT2D eigenvalue weighted by Gasteiger charge is 2.10. The Labute approximate surface area is 96.0 Å². The van der Waals surface area contributed by atoms with Gasteiger partial charge < -0.3 is 10.2 Å². The Hall–Kier alpha value is -0.770. The fourth-order valence-electron chi connectivity index (χ4n) is 1.18. The van der Waals surface area contributed by atoms with Crippen molar-refractivity contribution < 1.29 is 9.59 Å². The summed E-state index contributed by atoms with van der Waals surface area (Å²) in [5.41, 5.74) is 0. The van der Waals surface area contributed by atoms with E-state index in [2.05, 4.69) is 5.32 Å². The molecule has 0 aromatic rings. The van der Waals surface area contributed by atoms with Gasteiger partial charge in [-0.1, -0.05) is 0 Å². The molecule has 0 aliphatic rings. The van der Waals surface area contributed by atoms with Crippen molar-refractivity contribution in [3.63, 3.8) is 0 Å². The van der Waals surface area contributed by atoms with Crippen LogP contribution in [0, 0.1) is 0 Å². The summed E-state index contributed by atoms with van der Waals surface area (Å²) in [7, 11) is 0. The number of carbonyl (C=O) groups is 2. The summed E-state index contributed by atoms with van der Waals surface area (Å²) < 4.78 is 0. The van der Waals surface area contributed by atoms with Gasteiger partial charge in [0.1, 0.15) is 0 Å². The van der Waals surface area contributed by atoms with Crippen molar-refractivity contribution in [1.82, 2.24) is 10.2 Å². The second-order valence-corrected chi connectivity index (χ2v) is 3.51. The summed E-state index contributed by atoms with van der Waals surface area (Å²) in [6, 6.07) is 0. The summed E-state index contributed by atoms with van der Waals surface area (Å²) in [4.78, 5) is 24.3. The minimum atomic E-state index is -0.115. The second-order valence-electron chi connectivity index (χ2n) is 3.14. The van der Waals surface area contributed by atoms with Crippen molar-refractivity contribution in [3.8, 4) is 0 Å². The topological polar surface area (TPSA) is 49.4 Å². The van der Waals surface area contributed by atoms with Crippen LogP contribution in [0.3, 0.4) is 0 Å². The van der Waals surface area contributed by atoms with Crippen molar-refractivity contribution >= 4 is 23.4 Å². The predicted molar refractivity (Wildman–Crippen MR) is 60.9 cm³/mol. The van der Waals surface area contributed by atoms with E-state index in [1.54, 1.807) is 4.90 Å². The van der Waals surface area contributed by atoms with Gasteiger partial charge in [-0.15, -0.1) is 11.6 Å². The number of nitrogens with one attached hydrogen (secondary N) is 1. The van der Waals surface area contributed by atoms with Gasteiger partial charge in [-0.2, -0.15) is 0 Å². The number of amides is 2. The molecule has 0 unspecified atom stereocenters. The second kappa shape index (κ2) is 8.53. The quantitative estimate of drug-likeness (QED) is 0.668. The summed E-state index contributed by atoms with van der Waals surface area (Å²) in [6.45, 7) is 5.26. The normalized spacial score (nSPS) is 9.80. The van der Waals surface area contributed by atoms with Crippen molar-refractivity contribution in [3.05, 3.63) is 0 Å². The maximum atomic E-state index is 11.5. The minimum Gasteiger partial charge on any atom is -0.347 e. The van der Waals surface area contributed by atoms with Crippen LogP contribution in [-0.4, -0.2) is 42.2 Å². The largest absolute Gasteiger partial charge is 0.347 e. The molecule has 15 heavy (non-hydrogen) atoms.